The Kier molecular flexibility index (Phi) is 16.6. The Labute approximate surface area is 104 Å². The smallest absolute Gasteiger partial charge is 0.223 e. The molecule has 0 heterocycles. The molecule has 0 atom stereocenters. The molecule has 0 rings (SSSR count). The quantitative estimate of drug-likeness (QED) is 0.449. The first-order valence-corrected chi connectivity index (χ1v) is 5.46. The van der Waals surface area contributed by atoms with Gasteiger partial charge >= 0.3 is 0 Å². The average molecular weight is 235 g/mol. The topological polar surface area (TPSA) is 18.5 Å². The molecule has 3 heteroatoms. The average Bonchev–Trinajstić information content (AvgIpc) is 2.13. The largest absolute Gasteiger partial charge is 0.346 e. The van der Waals surface area contributed by atoms with E-state index in [0.717, 1.165) is 12.7 Å². The van der Waals surface area contributed by atoms with Crippen molar-refractivity contribution in [3.05, 3.63) is 6.29 Å². The summed E-state index contributed by atoms with van der Waals surface area (Å²) in [6, 6.07) is 0. The molecule has 14 heavy (non-hydrogen) atoms. The monoisotopic (exact) mass is 235 g/mol. The fraction of sp³-hybridized carbons (Fsp3) is 0.909. The van der Waals surface area contributed by atoms with Gasteiger partial charge in [-0.05, 0) is 20.3 Å². The maximum absolute atomic E-state index is 5.36. The zero-order valence-electron chi connectivity index (χ0n) is 9.77. The van der Waals surface area contributed by atoms with Crippen LogP contribution in [0.4, 0.5) is 0 Å². The van der Waals surface area contributed by atoms with Crippen LogP contribution in [0.25, 0.3) is 0 Å². The van der Waals surface area contributed by atoms with Gasteiger partial charge in [-0.3, -0.25) is 0 Å². The third kappa shape index (κ3) is 10.7. The van der Waals surface area contributed by atoms with Gasteiger partial charge in [0.15, 0.2) is 0 Å². The van der Waals surface area contributed by atoms with Crippen LogP contribution in [-0.4, -0.2) is 13.2 Å². The van der Waals surface area contributed by atoms with E-state index in [-0.39, 0.29) is 21.7 Å². The number of ether oxygens (including phenoxy) is 2. The van der Waals surface area contributed by atoms with E-state index in [0.29, 0.717) is 13.2 Å². The van der Waals surface area contributed by atoms with Gasteiger partial charge in [0.25, 0.3) is 0 Å². The van der Waals surface area contributed by atoms with Crippen molar-refractivity contribution >= 4 is 0 Å². The number of rotatable bonds is 9. The molecule has 2 nitrogen and oxygen atoms in total. The van der Waals surface area contributed by atoms with Gasteiger partial charge in [-0.2, -0.15) is 0 Å². The van der Waals surface area contributed by atoms with Crippen LogP contribution >= 0.6 is 0 Å². The van der Waals surface area contributed by atoms with Crippen molar-refractivity contribution in [3.63, 3.8) is 0 Å². The van der Waals surface area contributed by atoms with E-state index in [1.165, 1.54) is 25.7 Å². The number of hydrogen-bond donors (Lipinski definition) is 0. The standard InChI is InChI=1S/C11H23O2.Ti/c1-4-7-8-9-10-11(12-5-2)13-6-3;/h4-10H2,1-3H3;. The van der Waals surface area contributed by atoms with Gasteiger partial charge in [0, 0.05) is 41.4 Å². The Morgan fingerprint density at radius 2 is 1.43 bits per heavy atom. The third-order valence-electron chi connectivity index (χ3n) is 1.85. The summed E-state index contributed by atoms with van der Waals surface area (Å²) in [5, 5.41) is 0. The molecular formula is C11H23O2Ti. The Hall–Kier alpha value is 0.634. The summed E-state index contributed by atoms with van der Waals surface area (Å²) in [6.07, 6.45) is 6.83. The Morgan fingerprint density at radius 3 is 1.86 bits per heavy atom. The zero-order valence-corrected chi connectivity index (χ0v) is 11.3. The molecule has 0 aromatic rings. The van der Waals surface area contributed by atoms with Crippen molar-refractivity contribution in [2.75, 3.05) is 13.2 Å². The molecule has 0 bridgehead atoms. The molecule has 0 aromatic heterocycles. The fourth-order valence-electron chi connectivity index (χ4n) is 1.20. The first kappa shape index (κ1) is 17.0. The van der Waals surface area contributed by atoms with E-state index >= 15 is 0 Å². The number of hydrogen-bond acceptors (Lipinski definition) is 2. The molecule has 83 valence electrons. The normalized spacial score (nSPS) is 10.3. The molecule has 0 unspecified atom stereocenters. The second-order valence-electron chi connectivity index (χ2n) is 3.05. The minimum Gasteiger partial charge on any atom is -0.346 e. The van der Waals surface area contributed by atoms with Crippen LogP contribution in [0.1, 0.15) is 52.9 Å². The summed E-state index contributed by atoms with van der Waals surface area (Å²) < 4.78 is 10.7. The van der Waals surface area contributed by atoms with Crippen LogP contribution in [0.5, 0.6) is 0 Å². The van der Waals surface area contributed by atoms with Crippen LogP contribution in [0.15, 0.2) is 0 Å². The minimum atomic E-state index is 0. The first-order valence-electron chi connectivity index (χ1n) is 5.46. The maximum atomic E-state index is 5.36. The molecular weight excluding hydrogens is 212 g/mol. The molecule has 0 N–H and O–H groups in total. The van der Waals surface area contributed by atoms with Gasteiger partial charge in [0.05, 0.1) is 0 Å². The first-order chi connectivity index (χ1) is 6.35. The van der Waals surface area contributed by atoms with E-state index in [4.69, 9.17) is 9.47 Å². The summed E-state index contributed by atoms with van der Waals surface area (Å²) in [4.78, 5) is 0. The van der Waals surface area contributed by atoms with Crippen molar-refractivity contribution < 1.29 is 31.2 Å². The summed E-state index contributed by atoms with van der Waals surface area (Å²) in [5.41, 5.74) is 0. The summed E-state index contributed by atoms with van der Waals surface area (Å²) >= 11 is 0. The van der Waals surface area contributed by atoms with Crippen molar-refractivity contribution in [1.82, 2.24) is 0 Å². The van der Waals surface area contributed by atoms with Crippen molar-refractivity contribution in [3.8, 4) is 0 Å². The summed E-state index contributed by atoms with van der Waals surface area (Å²) in [5.74, 6) is 0. The summed E-state index contributed by atoms with van der Waals surface area (Å²) in [7, 11) is 0. The molecule has 0 spiro atoms. The van der Waals surface area contributed by atoms with Crippen LogP contribution in [0, 0.1) is 6.29 Å². The van der Waals surface area contributed by atoms with E-state index < -0.39 is 0 Å². The molecule has 0 saturated heterocycles. The van der Waals surface area contributed by atoms with Crippen LogP contribution < -0.4 is 0 Å². The Bertz CT molecular complexity index is 93.3. The molecule has 0 amide bonds. The maximum Gasteiger partial charge on any atom is 0.223 e. The van der Waals surface area contributed by atoms with Crippen molar-refractivity contribution in [2.24, 2.45) is 0 Å². The van der Waals surface area contributed by atoms with Crippen LogP contribution in [-0.2, 0) is 31.2 Å². The van der Waals surface area contributed by atoms with Gasteiger partial charge < -0.3 is 9.47 Å². The third-order valence-corrected chi connectivity index (χ3v) is 1.85. The van der Waals surface area contributed by atoms with Gasteiger partial charge in [-0.1, -0.05) is 26.2 Å². The van der Waals surface area contributed by atoms with E-state index in [9.17, 15) is 0 Å². The molecule has 0 aliphatic rings. The van der Waals surface area contributed by atoms with E-state index in [2.05, 4.69) is 6.92 Å². The van der Waals surface area contributed by atoms with Gasteiger partial charge in [-0.25, -0.2) is 0 Å². The summed E-state index contributed by atoms with van der Waals surface area (Å²) in [6.45, 7) is 7.62. The van der Waals surface area contributed by atoms with Crippen LogP contribution in [0.3, 0.4) is 0 Å². The Balaban J connectivity index is 0. The van der Waals surface area contributed by atoms with E-state index in [1.807, 2.05) is 13.8 Å². The predicted molar refractivity (Wildman–Crippen MR) is 55.3 cm³/mol. The van der Waals surface area contributed by atoms with Gasteiger partial charge in [0.2, 0.25) is 6.29 Å². The molecule has 0 aromatic carbocycles. The van der Waals surface area contributed by atoms with Gasteiger partial charge in [0.1, 0.15) is 0 Å². The van der Waals surface area contributed by atoms with E-state index in [1.54, 1.807) is 0 Å². The molecule has 0 aliphatic carbocycles. The fourth-order valence-corrected chi connectivity index (χ4v) is 1.20. The molecule has 1 radical (unpaired) electrons. The predicted octanol–water partition coefficient (Wildman–Crippen LogP) is 3.52. The van der Waals surface area contributed by atoms with Crippen molar-refractivity contribution in [2.45, 2.75) is 52.9 Å². The van der Waals surface area contributed by atoms with Crippen molar-refractivity contribution in [1.29, 1.82) is 0 Å². The SMILES string of the molecule is CCCCCC[C](OCC)OCC.[Ti]. The van der Waals surface area contributed by atoms with Gasteiger partial charge in [-0.15, -0.1) is 0 Å². The van der Waals surface area contributed by atoms with Crippen LogP contribution in [0.2, 0.25) is 0 Å². The number of unbranched alkanes of at least 4 members (excludes halogenated alkanes) is 3. The zero-order chi connectivity index (χ0) is 9.94. The Morgan fingerprint density at radius 1 is 0.857 bits per heavy atom. The second-order valence-corrected chi connectivity index (χ2v) is 3.05. The second kappa shape index (κ2) is 13.6. The minimum absolute atomic E-state index is 0. The molecule has 0 saturated carbocycles. The molecule has 0 fully saturated rings. The molecule has 0 aliphatic heterocycles.